The van der Waals surface area contributed by atoms with E-state index in [1.54, 1.807) is 6.08 Å². The monoisotopic (exact) mass is 285 g/mol. The molecule has 20 heavy (non-hydrogen) atoms. The number of hydrogen-bond donors (Lipinski definition) is 2. The molecule has 0 amide bonds. The molecular weight excluding hydrogens is 270 g/mol. The molecule has 0 aromatic heterocycles. The highest BCUT2D eigenvalue weighted by Crippen LogP contribution is 2.21. The molecule has 0 unspecified atom stereocenters. The van der Waals surface area contributed by atoms with Gasteiger partial charge in [0.05, 0.1) is 11.4 Å². The number of nitrogens with zero attached hydrogens (tertiary/aromatic N) is 1. The van der Waals surface area contributed by atoms with Crippen molar-refractivity contribution >= 4 is 28.7 Å². The van der Waals surface area contributed by atoms with Crippen molar-refractivity contribution in [2.45, 2.75) is 6.92 Å². The van der Waals surface area contributed by atoms with Gasteiger partial charge in [-0.25, -0.2) is 4.99 Å². The maximum absolute atomic E-state index is 6.22. The zero-order valence-corrected chi connectivity index (χ0v) is 11.9. The van der Waals surface area contributed by atoms with E-state index in [9.17, 15) is 0 Å². The normalized spacial score (nSPS) is 12.5. The average Bonchev–Trinajstić information content (AvgIpc) is 2.41. The van der Waals surface area contributed by atoms with E-state index in [4.69, 9.17) is 23.1 Å². The molecule has 0 atom stereocenters. The highest BCUT2D eigenvalue weighted by molar-refractivity contribution is 6.35. The first kappa shape index (κ1) is 14.2. The van der Waals surface area contributed by atoms with E-state index in [1.165, 1.54) is 0 Å². The Bertz CT molecular complexity index is 654. The van der Waals surface area contributed by atoms with E-state index in [0.29, 0.717) is 16.4 Å². The fourth-order valence-corrected chi connectivity index (χ4v) is 1.98. The SMILES string of the molecule is CC(N)=CC(=Nc1ccc(N)cc1)c1ccccc1Cl. The van der Waals surface area contributed by atoms with Gasteiger partial charge in [-0.3, -0.25) is 0 Å². The van der Waals surface area contributed by atoms with Gasteiger partial charge >= 0.3 is 0 Å². The van der Waals surface area contributed by atoms with Gasteiger partial charge in [0.2, 0.25) is 0 Å². The standard InChI is InChI=1S/C16H16ClN3/c1-11(18)10-16(14-4-2-3-5-15(14)17)20-13-8-6-12(19)7-9-13/h2-10H,18-19H2,1H3. The number of rotatable bonds is 3. The van der Waals surface area contributed by atoms with Gasteiger partial charge in [0.1, 0.15) is 0 Å². The number of allylic oxidation sites excluding steroid dienone is 2. The van der Waals surface area contributed by atoms with Crippen molar-refractivity contribution in [1.82, 2.24) is 0 Å². The van der Waals surface area contributed by atoms with Crippen LogP contribution in [0.15, 0.2) is 65.3 Å². The van der Waals surface area contributed by atoms with Crippen LogP contribution in [0.3, 0.4) is 0 Å². The van der Waals surface area contributed by atoms with Gasteiger partial charge in [0.15, 0.2) is 0 Å². The van der Waals surface area contributed by atoms with E-state index in [0.717, 1.165) is 17.0 Å². The maximum Gasteiger partial charge on any atom is 0.0741 e. The largest absolute Gasteiger partial charge is 0.402 e. The molecule has 0 aliphatic carbocycles. The van der Waals surface area contributed by atoms with Crippen molar-refractivity contribution in [2.75, 3.05) is 5.73 Å². The minimum absolute atomic E-state index is 0.638. The Morgan fingerprint density at radius 2 is 1.75 bits per heavy atom. The van der Waals surface area contributed by atoms with Crippen molar-refractivity contribution in [2.24, 2.45) is 10.7 Å². The Kier molecular flexibility index (Phi) is 4.43. The number of anilines is 1. The number of nitrogen functional groups attached to an aromatic ring is 1. The Hall–Kier alpha value is -2.26. The average molecular weight is 286 g/mol. The molecule has 0 saturated carbocycles. The fraction of sp³-hybridized carbons (Fsp3) is 0.0625. The van der Waals surface area contributed by atoms with Crippen molar-refractivity contribution in [3.05, 3.63) is 70.9 Å². The lowest BCUT2D eigenvalue weighted by Crippen LogP contribution is -2.02. The summed E-state index contributed by atoms with van der Waals surface area (Å²) in [5.74, 6) is 0. The van der Waals surface area contributed by atoms with E-state index in [-0.39, 0.29) is 0 Å². The third kappa shape index (κ3) is 3.62. The van der Waals surface area contributed by atoms with Gasteiger partial charge in [-0.2, -0.15) is 0 Å². The van der Waals surface area contributed by atoms with Crippen molar-refractivity contribution < 1.29 is 0 Å². The summed E-state index contributed by atoms with van der Waals surface area (Å²) in [6.07, 6.45) is 1.80. The van der Waals surface area contributed by atoms with Crippen molar-refractivity contribution in [3.63, 3.8) is 0 Å². The smallest absolute Gasteiger partial charge is 0.0741 e. The molecule has 2 aromatic rings. The zero-order valence-electron chi connectivity index (χ0n) is 11.2. The Balaban J connectivity index is 2.51. The van der Waals surface area contributed by atoms with Crippen LogP contribution in [0.2, 0.25) is 5.02 Å². The molecular formula is C16H16ClN3. The maximum atomic E-state index is 6.22. The van der Waals surface area contributed by atoms with Crippen LogP contribution in [0.5, 0.6) is 0 Å². The predicted molar refractivity (Wildman–Crippen MR) is 86.4 cm³/mol. The van der Waals surface area contributed by atoms with Gasteiger partial charge < -0.3 is 11.5 Å². The summed E-state index contributed by atoms with van der Waals surface area (Å²) < 4.78 is 0. The molecule has 3 nitrogen and oxygen atoms in total. The lowest BCUT2D eigenvalue weighted by Gasteiger charge is -2.06. The summed E-state index contributed by atoms with van der Waals surface area (Å²) in [4.78, 5) is 4.59. The molecule has 0 heterocycles. The molecule has 0 bridgehead atoms. The quantitative estimate of drug-likeness (QED) is 0.663. The van der Waals surface area contributed by atoms with Gasteiger partial charge in [-0.15, -0.1) is 0 Å². The Morgan fingerprint density at radius 1 is 1.10 bits per heavy atom. The molecule has 4 N–H and O–H groups in total. The Labute approximate surface area is 123 Å². The Morgan fingerprint density at radius 3 is 2.35 bits per heavy atom. The third-order valence-corrected chi connectivity index (χ3v) is 2.99. The van der Waals surface area contributed by atoms with E-state index >= 15 is 0 Å². The topological polar surface area (TPSA) is 64.4 Å². The minimum atomic E-state index is 0.638. The lowest BCUT2D eigenvalue weighted by atomic mass is 10.1. The van der Waals surface area contributed by atoms with Crippen LogP contribution >= 0.6 is 11.6 Å². The second-order valence-electron chi connectivity index (χ2n) is 4.46. The fourth-order valence-electron chi connectivity index (χ4n) is 1.74. The lowest BCUT2D eigenvalue weighted by molar-refractivity contribution is 1.32. The van der Waals surface area contributed by atoms with E-state index < -0.39 is 0 Å². The molecule has 0 saturated heterocycles. The number of halogens is 1. The van der Waals surface area contributed by atoms with Crippen LogP contribution in [0.4, 0.5) is 11.4 Å². The molecule has 2 aromatic carbocycles. The second kappa shape index (κ2) is 6.26. The highest BCUT2D eigenvalue weighted by atomic mass is 35.5. The van der Waals surface area contributed by atoms with Gasteiger partial charge in [-0.1, -0.05) is 29.8 Å². The summed E-state index contributed by atoms with van der Waals surface area (Å²) in [5.41, 5.74) is 15.2. The second-order valence-corrected chi connectivity index (χ2v) is 4.86. The molecule has 0 fully saturated rings. The summed E-state index contributed by atoms with van der Waals surface area (Å²) in [6, 6.07) is 14.9. The molecule has 0 spiro atoms. The van der Waals surface area contributed by atoms with Crippen LogP contribution in [0.25, 0.3) is 0 Å². The zero-order chi connectivity index (χ0) is 14.5. The summed E-state index contributed by atoms with van der Waals surface area (Å²) in [5, 5.41) is 0.638. The summed E-state index contributed by atoms with van der Waals surface area (Å²) in [7, 11) is 0. The van der Waals surface area contributed by atoms with Gasteiger partial charge in [0.25, 0.3) is 0 Å². The number of hydrogen-bond acceptors (Lipinski definition) is 3. The van der Waals surface area contributed by atoms with Crippen LogP contribution in [0, 0.1) is 0 Å². The first-order valence-electron chi connectivity index (χ1n) is 6.19. The van der Waals surface area contributed by atoms with Crippen molar-refractivity contribution in [1.29, 1.82) is 0 Å². The van der Waals surface area contributed by atoms with E-state index in [2.05, 4.69) is 4.99 Å². The first-order chi connectivity index (χ1) is 9.56. The number of nitrogens with two attached hydrogens (primary N) is 2. The molecule has 4 heteroatoms. The van der Waals surface area contributed by atoms with Crippen molar-refractivity contribution in [3.8, 4) is 0 Å². The summed E-state index contributed by atoms with van der Waals surface area (Å²) >= 11 is 6.22. The molecule has 102 valence electrons. The summed E-state index contributed by atoms with van der Waals surface area (Å²) in [6.45, 7) is 1.81. The predicted octanol–water partition coefficient (Wildman–Crippen LogP) is 3.91. The van der Waals surface area contributed by atoms with Crippen LogP contribution in [-0.2, 0) is 0 Å². The molecule has 0 aliphatic rings. The molecule has 2 rings (SSSR count). The van der Waals surface area contributed by atoms with E-state index in [1.807, 2.05) is 55.5 Å². The highest BCUT2D eigenvalue weighted by Gasteiger charge is 2.06. The number of aliphatic imine (C=N–C) groups is 1. The van der Waals surface area contributed by atoms with Gasteiger partial charge in [-0.05, 0) is 43.3 Å². The molecule has 0 radical (unpaired) electrons. The van der Waals surface area contributed by atoms with Crippen LogP contribution < -0.4 is 11.5 Å². The first-order valence-corrected chi connectivity index (χ1v) is 6.57. The minimum Gasteiger partial charge on any atom is -0.402 e. The molecule has 0 aliphatic heterocycles. The third-order valence-electron chi connectivity index (χ3n) is 2.66. The van der Waals surface area contributed by atoms with Crippen LogP contribution in [-0.4, -0.2) is 5.71 Å². The van der Waals surface area contributed by atoms with Gasteiger partial charge in [0, 0.05) is 22.0 Å². The van der Waals surface area contributed by atoms with Crippen LogP contribution in [0.1, 0.15) is 12.5 Å². The number of benzene rings is 2.